The van der Waals surface area contributed by atoms with Gasteiger partial charge in [-0.05, 0) is 63.3 Å². The minimum absolute atomic E-state index is 0.144. The van der Waals surface area contributed by atoms with Crippen LogP contribution in [0.3, 0.4) is 0 Å². The van der Waals surface area contributed by atoms with Gasteiger partial charge in [-0.2, -0.15) is 0 Å². The molecular weight excluding hydrogens is 274 g/mol. The van der Waals surface area contributed by atoms with E-state index in [9.17, 15) is 4.79 Å². The molecule has 1 aliphatic heterocycles. The number of rotatable bonds is 3. The highest BCUT2D eigenvalue weighted by atomic mass is 16.2. The van der Waals surface area contributed by atoms with Gasteiger partial charge in [0.2, 0.25) is 0 Å². The smallest absolute Gasteiger partial charge is 0.253 e. The third-order valence-electron chi connectivity index (χ3n) is 4.43. The van der Waals surface area contributed by atoms with Gasteiger partial charge in [-0.3, -0.25) is 4.79 Å². The molecule has 0 bridgehead atoms. The lowest BCUT2D eigenvalue weighted by Gasteiger charge is -2.36. The number of amides is 1. The molecule has 1 aromatic carbocycles. The van der Waals surface area contributed by atoms with Crippen molar-refractivity contribution in [1.82, 2.24) is 14.4 Å². The van der Waals surface area contributed by atoms with Crippen LogP contribution < -0.4 is 0 Å². The number of hydrogen-bond acceptors (Lipinski definition) is 2. The molecule has 22 heavy (non-hydrogen) atoms. The highest BCUT2D eigenvalue weighted by molar-refractivity contribution is 5.94. The second kappa shape index (κ2) is 6.36. The van der Waals surface area contributed by atoms with Crippen molar-refractivity contribution in [2.24, 2.45) is 0 Å². The van der Waals surface area contributed by atoms with Crippen LogP contribution >= 0.6 is 0 Å². The largest absolute Gasteiger partial charge is 0.337 e. The Bertz CT molecular complexity index is 616. The maximum absolute atomic E-state index is 12.7. The first kappa shape index (κ1) is 14.9. The fraction of sp³-hybridized carbons (Fsp3) is 0.389. The maximum Gasteiger partial charge on any atom is 0.253 e. The molecule has 1 atom stereocenters. The summed E-state index contributed by atoms with van der Waals surface area (Å²) in [6.45, 7) is 1.69. The van der Waals surface area contributed by atoms with Crippen LogP contribution in [-0.4, -0.2) is 53.5 Å². The summed E-state index contributed by atoms with van der Waals surface area (Å²) in [4.78, 5) is 16.9. The van der Waals surface area contributed by atoms with E-state index in [1.807, 2.05) is 58.3 Å². The Morgan fingerprint density at radius 2 is 1.82 bits per heavy atom. The van der Waals surface area contributed by atoms with E-state index in [0.717, 1.165) is 30.8 Å². The van der Waals surface area contributed by atoms with Gasteiger partial charge in [-0.25, -0.2) is 0 Å². The predicted molar refractivity (Wildman–Crippen MR) is 88.4 cm³/mol. The van der Waals surface area contributed by atoms with Crippen LogP contribution in [0.2, 0.25) is 0 Å². The van der Waals surface area contributed by atoms with Crippen LogP contribution in [0, 0.1) is 0 Å². The van der Waals surface area contributed by atoms with Crippen molar-refractivity contribution in [2.45, 2.75) is 18.9 Å². The Kier molecular flexibility index (Phi) is 4.29. The number of carbonyl (C=O) groups excluding carboxylic acids is 1. The molecule has 1 saturated heterocycles. The van der Waals surface area contributed by atoms with Crippen molar-refractivity contribution >= 4 is 5.91 Å². The molecule has 0 spiro atoms. The number of benzene rings is 1. The number of hydrogen-bond donors (Lipinski definition) is 0. The third-order valence-corrected chi connectivity index (χ3v) is 4.43. The molecule has 0 N–H and O–H groups in total. The topological polar surface area (TPSA) is 28.5 Å². The molecule has 3 rings (SSSR count). The summed E-state index contributed by atoms with van der Waals surface area (Å²) in [6, 6.07) is 12.3. The zero-order chi connectivity index (χ0) is 15.5. The van der Waals surface area contributed by atoms with Gasteiger partial charge in [-0.15, -0.1) is 0 Å². The molecule has 2 aromatic rings. The average Bonchev–Trinajstić information content (AvgIpc) is 3.09. The molecule has 4 heteroatoms. The van der Waals surface area contributed by atoms with Crippen LogP contribution in [0.25, 0.3) is 5.69 Å². The number of carbonyl (C=O) groups is 1. The molecule has 4 nitrogen and oxygen atoms in total. The summed E-state index contributed by atoms with van der Waals surface area (Å²) >= 11 is 0. The zero-order valence-electron chi connectivity index (χ0n) is 13.3. The molecule has 116 valence electrons. The molecular formula is C18H23N3O. The van der Waals surface area contributed by atoms with Gasteiger partial charge < -0.3 is 14.4 Å². The Hall–Kier alpha value is -2.07. The SMILES string of the molecule is CN(C)[C@H]1CCCN(C(=O)c2ccc(-n3cccc3)cc2)C1. The van der Waals surface area contributed by atoms with Gasteiger partial charge >= 0.3 is 0 Å². The van der Waals surface area contributed by atoms with E-state index in [1.165, 1.54) is 6.42 Å². The van der Waals surface area contributed by atoms with Crippen molar-refractivity contribution in [1.29, 1.82) is 0 Å². The molecule has 0 radical (unpaired) electrons. The van der Waals surface area contributed by atoms with Gasteiger partial charge in [0.05, 0.1) is 0 Å². The van der Waals surface area contributed by atoms with E-state index >= 15 is 0 Å². The Labute approximate surface area is 132 Å². The highest BCUT2D eigenvalue weighted by Gasteiger charge is 2.25. The van der Waals surface area contributed by atoms with Crippen LogP contribution in [0.15, 0.2) is 48.8 Å². The number of nitrogens with zero attached hydrogens (tertiary/aromatic N) is 3. The van der Waals surface area contributed by atoms with Gasteiger partial charge in [0.25, 0.3) is 5.91 Å². The first-order valence-corrected chi connectivity index (χ1v) is 7.84. The first-order valence-electron chi connectivity index (χ1n) is 7.84. The van der Waals surface area contributed by atoms with Crippen molar-refractivity contribution < 1.29 is 4.79 Å². The number of piperidine rings is 1. The number of likely N-dealkylation sites (tertiary alicyclic amines) is 1. The minimum Gasteiger partial charge on any atom is -0.337 e. The molecule has 2 heterocycles. The summed E-state index contributed by atoms with van der Waals surface area (Å²) < 4.78 is 2.04. The van der Waals surface area contributed by atoms with E-state index < -0.39 is 0 Å². The molecule has 1 aliphatic rings. The van der Waals surface area contributed by atoms with Crippen LogP contribution in [0.1, 0.15) is 23.2 Å². The van der Waals surface area contributed by atoms with Crippen molar-refractivity contribution in [3.63, 3.8) is 0 Å². The first-order chi connectivity index (χ1) is 10.6. The van der Waals surface area contributed by atoms with Crippen LogP contribution in [-0.2, 0) is 0 Å². The lowest BCUT2D eigenvalue weighted by molar-refractivity contribution is 0.0635. The number of likely N-dealkylation sites (N-methyl/N-ethyl adjacent to an activating group) is 1. The summed E-state index contributed by atoms with van der Waals surface area (Å²) in [5, 5.41) is 0. The molecule has 1 aromatic heterocycles. The zero-order valence-corrected chi connectivity index (χ0v) is 13.3. The molecule has 1 fully saturated rings. The third kappa shape index (κ3) is 3.07. The van der Waals surface area contributed by atoms with Crippen molar-refractivity contribution in [2.75, 3.05) is 27.2 Å². The summed E-state index contributed by atoms with van der Waals surface area (Å²) in [7, 11) is 4.18. The molecule has 0 saturated carbocycles. The number of aromatic nitrogens is 1. The maximum atomic E-state index is 12.7. The van der Waals surface area contributed by atoms with Crippen LogP contribution in [0.5, 0.6) is 0 Å². The second-order valence-electron chi connectivity index (χ2n) is 6.15. The summed E-state index contributed by atoms with van der Waals surface area (Å²) in [5.74, 6) is 0.144. The Morgan fingerprint density at radius 3 is 2.45 bits per heavy atom. The normalized spacial score (nSPS) is 18.7. The standard InChI is InChI=1S/C18H23N3O/c1-19(2)17-6-5-13-21(14-17)18(22)15-7-9-16(10-8-15)20-11-3-4-12-20/h3-4,7-12,17H,5-6,13-14H2,1-2H3/t17-/m0/s1. The van der Waals surface area contributed by atoms with Gasteiger partial charge in [0.1, 0.15) is 0 Å². The van der Waals surface area contributed by atoms with Gasteiger partial charge in [0.15, 0.2) is 0 Å². The van der Waals surface area contributed by atoms with Crippen LogP contribution in [0.4, 0.5) is 0 Å². The van der Waals surface area contributed by atoms with E-state index in [1.54, 1.807) is 0 Å². The van der Waals surface area contributed by atoms with Crippen molar-refractivity contribution in [3.8, 4) is 5.69 Å². The van der Waals surface area contributed by atoms with Gasteiger partial charge in [-0.1, -0.05) is 0 Å². The lowest BCUT2D eigenvalue weighted by atomic mass is 10.0. The molecule has 0 unspecified atom stereocenters. The second-order valence-corrected chi connectivity index (χ2v) is 6.15. The summed E-state index contributed by atoms with van der Waals surface area (Å²) in [5.41, 5.74) is 1.85. The van der Waals surface area contributed by atoms with E-state index in [0.29, 0.717) is 6.04 Å². The van der Waals surface area contributed by atoms with Crippen molar-refractivity contribution in [3.05, 3.63) is 54.4 Å². The lowest BCUT2D eigenvalue weighted by Crippen LogP contribution is -2.47. The predicted octanol–water partition coefficient (Wildman–Crippen LogP) is 2.64. The minimum atomic E-state index is 0.144. The van der Waals surface area contributed by atoms with Gasteiger partial charge in [0, 0.05) is 42.8 Å². The van der Waals surface area contributed by atoms with E-state index in [-0.39, 0.29) is 5.91 Å². The average molecular weight is 297 g/mol. The monoisotopic (exact) mass is 297 g/mol. The molecule has 1 amide bonds. The highest BCUT2D eigenvalue weighted by Crippen LogP contribution is 2.17. The Balaban J connectivity index is 1.72. The van der Waals surface area contributed by atoms with E-state index in [2.05, 4.69) is 19.0 Å². The Morgan fingerprint density at radius 1 is 1.14 bits per heavy atom. The fourth-order valence-corrected chi connectivity index (χ4v) is 3.03. The summed E-state index contributed by atoms with van der Waals surface area (Å²) in [6.07, 6.45) is 6.26. The quantitative estimate of drug-likeness (QED) is 0.871. The molecule has 0 aliphatic carbocycles. The fourth-order valence-electron chi connectivity index (χ4n) is 3.03. The van der Waals surface area contributed by atoms with E-state index in [4.69, 9.17) is 0 Å².